The first-order valence-corrected chi connectivity index (χ1v) is 7.01. The van der Waals surface area contributed by atoms with Crippen molar-refractivity contribution < 1.29 is 9.53 Å². The number of aryl methyl sites for hydroxylation is 2. The van der Waals surface area contributed by atoms with Crippen molar-refractivity contribution in [1.29, 1.82) is 0 Å². The highest BCUT2D eigenvalue weighted by molar-refractivity contribution is 5.75. The minimum Gasteiger partial charge on any atom is -0.493 e. The van der Waals surface area contributed by atoms with Crippen molar-refractivity contribution in [3.05, 3.63) is 29.3 Å². The molecule has 1 aromatic carbocycles. The molecule has 0 saturated carbocycles. The summed E-state index contributed by atoms with van der Waals surface area (Å²) in [4.78, 5) is 11.4. The normalized spacial score (nSPS) is 13.7. The summed E-state index contributed by atoms with van der Waals surface area (Å²) in [7, 11) is 0. The molecule has 0 aromatic heterocycles. The van der Waals surface area contributed by atoms with Gasteiger partial charge in [-0.15, -0.1) is 0 Å². The van der Waals surface area contributed by atoms with Gasteiger partial charge in [-0.25, -0.2) is 0 Å². The highest BCUT2D eigenvalue weighted by Gasteiger charge is 2.10. The van der Waals surface area contributed by atoms with Crippen LogP contribution in [0, 0.1) is 0 Å². The van der Waals surface area contributed by atoms with E-state index in [0.29, 0.717) is 26.1 Å². The lowest BCUT2D eigenvalue weighted by atomic mass is 9.92. The van der Waals surface area contributed by atoms with Crippen LogP contribution < -0.4 is 15.8 Å². The van der Waals surface area contributed by atoms with Crippen LogP contribution in [0.2, 0.25) is 0 Å². The molecule has 2 rings (SSSR count). The van der Waals surface area contributed by atoms with Gasteiger partial charge < -0.3 is 15.8 Å². The van der Waals surface area contributed by atoms with Crippen LogP contribution in [0.4, 0.5) is 0 Å². The maximum Gasteiger partial charge on any atom is 0.223 e. The van der Waals surface area contributed by atoms with Gasteiger partial charge in [0.1, 0.15) is 5.75 Å². The molecule has 1 aliphatic rings. The molecule has 0 radical (unpaired) electrons. The summed E-state index contributed by atoms with van der Waals surface area (Å²) in [5, 5.41) is 2.72. The van der Waals surface area contributed by atoms with Crippen molar-refractivity contribution in [3.63, 3.8) is 0 Å². The fourth-order valence-electron chi connectivity index (χ4n) is 2.36. The van der Waals surface area contributed by atoms with E-state index < -0.39 is 0 Å². The van der Waals surface area contributed by atoms with Crippen molar-refractivity contribution in [2.45, 2.75) is 32.1 Å². The molecule has 3 N–H and O–H groups in total. The molecule has 0 atom stereocenters. The average Bonchev–Trinajstić information content (AvgIpc) is 2.45. The molecular weight excluding hydrogens is 240 g/mol. The number of ether oxygens (including phenoxy) is 1. The number of nitrogens with two attached hydrogens (primary N) is 1. The first kappa shape index (κ1) is 13.9. The summed E-state index contributed by atoms with van der Waals surface area (Å²) in [5.41, 5.74) is 8.16. The number of fused-ring (bicyclic) bond motifs is 1. The molecule has 19 heavy (non-hydrogen) atoms. The topological polar surface area (TPSA) is 64.3 Å². The quantitative estimate of drug-likeness (QED) is 0.814. The zero-order valence-corrected chi connectivity index (χ0v) is 11.3. The van der Waals surface area contributed by atoms with Gasteiger partial charge in [-0.05, 0) is 48.9 Å². The van der Waals surface area contributed by atoms with Crippen LogP contribution in [0.1, 0.15) is 30.4 Å². The van der Waals surface area contributed by atoms with Gasteiger partial charge in [0, 0.05) is 13.1 Å². The van der Waals surface area contributed by atoms with Crippen LogP contribution in [0.5, 0.6) is 5.75 Å². The first-order chi connectivity index (χ1) is 9.29. The molecule has 0 bridgehead atoms. The van der Waals surface area contributed by atoms with Crippen LogP contribution >= 0.6 is 0 Å². The third kappa shape index (κ3) is 4.24. The molecule has 1 aromatic rings. The number of carbonyl (C=O) groups excluding carboxylic acids is 1. The van der Waals surface area contributed by atoms with Crippen molar-refractivity contribution in [3.8, 4) is 5.75 Å². The Morgan fingerprint density at radius 3 is 2.84 bits per heavy atom. The van der Waals surface area contributed by atoms with Crippen LogP contribution in [0.3, 0.4) is 0 Å². The second-order valence-electron chi connectivity index (χ2n) is 4.87. The lowest BCUT2D eigenvalue weighted by Crippen LogP contribution is -2.29. The zero-order chi connectivity index (χ0) is 13.5. The van der Waals surface area contributed by atoms with Crippen LogP contribution in [-0.2, 0) is 17.6 Å². The van der Waals surface area contributed by atoms with Gasteiger partial charge in [0.25, 0.3) is 0 Å². The van der Waals surface area contributed by atoms with Crippen molar-refractivity contribution >= 4 is 5.91 Å². The van der Waals surface area contributed by atoms with Crippen LogP contribution in [0.25, 0.3) is 0 Å². The standard InChI is InChI=1S/C15H22N2O2/c16-8-9-17-15(18)7-10-19-14-6-5-12-3-1-2-4-13(12)11-14/h5-6,11H,1-4,7-10,16H2,(H,17,18). The highest BCUT2D eigenvalue weighted by Crippen LogP contribution is 2.25. The third-order valence-corrected chi connectivity index (χ3v) is 3.38. The third-order valence-electron chi connectivity index (χ3n) is 3.38. The predicted octanol–water partition coefficient (Wildman–Crippen LogP) is 1.41. The Morgan fingerprint density at radius 2 is 2.05 bits per heavy atom. The summed E-state index contributed by atoms with van der Waals surface area (Å²) in [6.07, 6.45) is 5.24. The minimum absolute atomic E-state index is 0.0107. The molecule has 4 nitrogen and oxygen atoms in total. The highest BCUT2D eigenvalue weighted by atomic mass is 16.5. The van der Waals surface area contributed by atoms with E-state index in [2.05, 4.69) is 17.4 Å². The van der Waals surface area contributed by atoms with E-state index in [1.165, 1.54) is 30.4 Å². The fraction of sp³-hybridized carbons (Fsp3) is 0.533. The molecular formula is C15H22N2O2. The molecule has 1 aliphatic carbocycles. The van der Waals surface area contributed by atoms with Crippen LogP contribution in [0.15, 0.2) is 18.2 Å². The number of carbonyl (C=O) groups is 1. The molecule has 1 amide bonds. The number of hydrogen-bond donors (Lipinski definition) is 2. The van der Waals surface area contributed by atoms with E-state index in [4.69, 9.17) is 10.5 Å². The van der Waals surface area contributed by atoms with Crippen molar-refractivity contribution in [2.75, 3.05) is 19.7 Å². The Hall–Kier alpha value is -1.55. The maximum absolute atomic E-state index is 11.4. The number of amides is 1. The van der Waals surface area contributed by atoms with Gasteiger partial charge in [0.15, 0.2) is 0 Å². The lowest BCUT2D eigenvalue weighted by Gasteiger charge is -2.16. The van der Waals surface area contributed by atoms with Crippen LogP contribution in [-0.4, -0.2) is 25.6 Å². The Balaban J connectivity index is 1.78. The second kappa shape index (κ2) is 7.14. The summed E-state index contributed by atoms with van der Waals surface area (Å²) < 4.78 is 5.63. The van der Waals surface area contributed by atoms with Gasteiger partial charge in [0.05, 0.1) is 13.0 Å². The smallest absolute Gasteiger partial charge is 0.223 e. The molecule has 104 valence electrons. The average molecular weight is 262 g/mol. The molecule has 0 spiro atoms. The summed E-state index contributed by atoms with van der Waals surface area (Å²) in [6.45, 7) is 1.41. The Bertz CT molecular complexity index is 432. The van der Waals surface area contributed by atoms with E-state index in [0.717, 1.165) is 12.2 Å². The molecule has 0 saturated heterocycles. The van der Waals surface area contributed by atoms with E-state index >= 15 is 0 Å². The van der Waals surface area contributed by atoms with Gasteiger partial charge in [-0.1, -0.05) is 6.07 Å². The van der Waals surface area contributed by atoms with E-state index in [1.807, 2.05) is 6.07 Å². The van der Waals surface area contributed by atoms with Gasteiger partial charge in [-0.2, -0.15) is 0 Å². The number of benzene rings is 1. The van der Waals surface area contributed by atoms with E-state index in [-0.39, 0.29) is 5.91 Å². The zero-order valence-electron chi connectivity index (χ0n) is 11.3. The maximum atomic E-state index is 11.4. The lowest BCUT2D eigenvalue weighted by molar-refractivity contribution is -0.121. The Labute approximate surface area is 114 Å². The van der Waals surface area contributed by atoms with E-state index in [9.17, 15) is 4.79 Å². The van der Waals surface area contributed by atoms with E-state index in [1.54, 1.807) is 0 Å². The van der Waals surface area contributed by atoms with Gasteiger partial charge >= 0.3 is 0 Å². The summed E-state index contributed by atoms with van der Waals surface area (Å²) in [5.74, 6) is 0.857. The number of nitrogens with one attached hydrogen (secondary N) is 1. The molecule has 0 fully saturated rings. The summed E-state index contributed by atoms with van der Waals surface area (Å²) in [6, 6.07) is 6.27. The fourth-order valence-corrected chi connectivity index (χ4v) is 2.36. The molecule has 0 unspecified atom stereocenters. The van der Waals surface area contributed by atoms with Gasteiger partial charge in [0.2, 0.25) is 5.91 Å². The first-order valence-electron chi connectivity index (χ1n) is 7.01. The van der Waals surface area contributed by atoms with Gasteiger partial charge in [-0.3, -0.25) is 4.79 Å². The summed E-state index contributed by atoms with van der Waals surface area (Å²) >= 11 is 0. The molecule has 0 aliphatic heterocycles. The molecule has 0 heterocycles. The molecule has 4 heteroatoms. The predicted molar refractivity (Wildman–Crippen MR) is 75.3 cm³/mol. The Kier molecular flexibility index (Phi) is 5.21. The van der Waals surface area contributed by atoms with Crippen molar-refractivity contribution in [1.82, 2.24) is 5.32 Å². The largest absolute Gasteiger partial charge is 0.493 e. The monoisotopic (exact) mass is 262 g/mol. The SMILES string of the molecule is NCCNC(=O)CCOc1ccc2c(c1)CCCC2. The number of hydrogen-bond acceptors (Lipinski definition) is 3. The van der Waals surface area contributed by atoms with Crippen molar-refractivity contribution in [2.24, 2.45) is 5.73 Å². The minimum atomic E-state index is -0.0107. The second-order valence-corrected chi connectivity index (χ2v) is 4.87. The number of rotatable bonds is 6. The Morgan fingerprint density at radius 1 is 1.26 bits per heavy atom.